The second-order valence-electron chi connectivity index (χ2n) is 7.56. The molecule has 8 nitrogen and oxygen atoms in total. The van der Waals surface area contributed by atoms with Gasteiger partial charge in [-0.05, 0) is 37.7 Å². The molecular formula is C18H23N7O. The number of aromatic amines is 1. The minimum Gasteiger partial charge on any atom is -0.354 e. The summed E-state index contributed by atoms with van der Waals surface area (Å²) >= 11 is 0. The fraction of sp³-hybridized carbons (Fsp3) is 0.556. The highest BCUT2D eigenvalue weighted by Gasteiger charge is 2.28. The first-order chi connectivity index (χ1) is 12.8. The summed E-state index contributed by atoms with van der Waals surface area (Å²) in [5, 5.41) is 12.8. The lowest BCUT2D eigenvalue weighted by Crippen LogP contribution is -2.49. The van der Waals surface area contributed by atoms with E-state index in [0.717, 1.165) is 54.7 Å². The molecule has 0 aromatic carbocycles. The highest BCUT2D eigenvalue weighted by Crippen LogP contribution is 2.37. The van der Waals surface area contributed by atoms with Gasteiger partial charge in [0, 0.05) is 37.1 Å². The van der Waals surface area contributed by atoms with Crippen LogP contribution in [0.15, 0.2) is 18.6 Å². The zero-order valence-electron chi connectivity index (χ0n) is 14.7. The molecular weight excluding hydrogens is 330 g/mol. The van der Waals surface area contributed by atoms with Gasteiger partial charge >= 0.3 is 0 Å². The molecule has 1 amide bonds. The molecule has 136 valence electrons. The number of amides is 1. The van der Waals surface area contributed by atoms with Crippen molar-refractivity contribution in [3.63, 3.8) is 0 Å². The van der Waals surface area contributed by atoms with Crippen LogP contribution in [-0.4, -0.2) is 61.8 Å². The van der Waals surface area contributed by atoms with Crippen LogP contribution in [0.2, 0.25) is 0 Å². The Balaban J connectivity index is 1.30. The Bertz CT molecular complexity index is 937. The van der Waals surface area contributed by atoms with E-state index in [4.69, 9.17) is 0 Å². The third kappa shape index (κ3) is 2.74. The number of hydrogen-bond donors (Lipinski definition) is 2. The fourth-order valence-corrected chi connectivity index (χ4v) is 4.52. The van der Waals surface area contributed by atoms with E-state index in [0.29, 0.717) is 18.4 Å². The SMILES string of the molecule is O=C1CN(CC2CCC(c3nnn4cnc5[nH]ccc5c34)CC2)CCN1. The van der Waals surface area contributed by atoms with Crippen LogP contribution >= 0.6 is 0 Å². The topological polar surface area (TPSA) is 91.2 Å². The molecule has 0 unspecified atom stereocenters. The van der Waals surface area contributed by atoms with Crippen LogP contribution in [0.1, 0.15) is 37.3 Å². The van der Waals surface area contributed by atoms with Crippen molar-refractivity contribution >= 4 is 22.5 Å². The zero-order valence-corrected chi connectivity index (χ0v) is 14.7. The highest BCUT2D eigenvalue weighted by molar-refractivity contribution is 5.92. The molecule has 0 atom stereocenters. The summed E-state index contributed by atoms with van der Waals surface area (Å²) in [6, 6.07) is 2.05. The number of hydrogen-bond acceptors (Lipinski definition) is 5. The first-order valence-corrected chi connectivity index (χ1v) is 9.44. The van der Waals surface area contributed by atoms with Crippen molar-refractivity contribution in [3.8, 4) is 0 Å². The molecule has 2 fully saturated rings. The highest BCUT2D eigenvalue weighted by atomic mass is 16.2. The van der Waals surface area contributed by atoms with Crippen LogP contribution in [0.5, 0.6) is 0 Å². The second kappa shape index (κ2) is 6.35. The van der Waals surface area contributed by atoms with Gasteiger partial charge in [-0.1, -0.05) is 5.21 Å². The molecule has 26 heavy (non-hydrogen) atoms. The van der Waals surface area contributed by atoms with E-state index in [2.05, 4.69) is 36.6 Å². The van der Waals surface area contributed by atoms with Crippen LogP contribution in [0.3, 0.4) is 0 Å². The van der Waals surface area contributed by atoms with Gasteiger partial charge in [-0.3, -0.25) is 9.69 Å². The largest absolute Gasteiger partial charge is 0.354 e. The van der Waals surface area contributed by atoms with Crippen molar-refractivity contribution in [1.82, 2.24) is 35.0 Å². The van der Waals surface area contributed by atoms with Gasteiger partial charge in [-0.15, -0.1) is 5.10 Å². The first kappa shape index (κ1) is 15.7. The number of nitrogens with zero attached hydrogens (tertiary/aromatic N) is 5. The van der Waals surface area contributed by atoms with Crippen LogP contribution in [-0.2, 0) is 4.79 Å². The average molecular weight is 353 g/mol. The Kier molecular flexibility index (Phi) is 3.85. The summed E-state index contributed by atoms with van der Waals surface area (Å²) in [6.07, 6.45) is 8.28. The van der Waals surface area contributed by atoms with Crippen LogP contribution in [0.25, 0.3) is 16.6 Å². The number of carbonyl (C=O) groups is 1. The predicted molar refractivity (Wildman–Crippen MR) is 96.8 cm³/mol. The number of fused-ring (bicyclic) bond motifs is 3. The lowest BCUT2D eigenvalue weighted by Gasteiger charge is -2.33. The van der Waals surface area contributed by atoms with Crippen molar-refractivity contribution < 1.29 is 4.79 Å². The van der Waals surface area contributed by atoms with Crippen LogP contribution in [0, 0.1) is 5.92 Å². The number of piperazine rings is 1. The third-order valence-electron chi connectivity index (χ3n) is 5.86. The van der Waals surface area contributed by atoms with Gasteiger partial charge in [-0.25, -0.2) is 9.50 Å². The van der Waals surface area contributed by atoms with E-state index in [1.165, 1.54) is 12.8 Å². The maximum Gasteiger partial charge on any atom is 0.234 e. The van der Waals surface area contributed by atoms with E-state index in [-0.39, 0.29) is 5.91 Å². The number of H-pyrrole nitrogens is 1. The smallest absolute Gasteiger partial charge is 0.234 e. The molecule has 1 saturated heterocycles. The van der Waals surface area contributed by atoms with Gasteiger partial charge in [0.15, 0.2) is 0 Å². The number of aromatic nitrogens is 5. The monoisotopic (exact) mass is 353 g/mol. The summed E-state index contributed by atoms with van der Waals surface area (Å²) in [6.45, 7) is 3.34. The van der Waals surface area contributed by atoms with Crippen molar-refractivity contribution in [2.75, 3.05) is 26.2 Å². The molecule has 0 spiro atoms. The predicted octanol–water partition coefficient (Wildman–Crippen LogP) is 1.31. The summed E-state index contributed by atoms with van der Waals surface area (Å²) in [5.74, 6) is 1.28. The molecule has 2 N–H and O–H groups in total. The number of nitrogens with one attached hydrogen (secondary N) is 2. The Hall–Kier alpha value is -2.48. The molecule has 2 aliphatic rings. The molecule has 0 radical (unpaired) electrons. The third-order valence-corrected chi connectivity index (χ3v) is 5.86. The van der Waals surface area contributed by atoms with Crippen molar-refractivity contribution in [3.05, 3.63) is 24.3 Å². The van der Waals surface area contributed by atoms with Crippen molar-refractivity contribution in [2.45, 2.75) is 31.6 Å². The van der Waals surface area contributed by atoms with E-state index in [1.807, 2.05) is 6.20 Å². The molecule has 4 heterocycles. The number of carbonyl (C=O) groups excluding carboxylic acids is 1. The summed E-state index contributed by atoms with van der Waals surface area (Å²) in [5.41, 5.74) is 3.08. The van der Waals surface area contributed by atoms with Gasteiger partial charge in [-0.2, -0.15) is 0 Å². The molecule has 1 aliphatic heterocycles. The fourth-order valence-electron chi connectivity index (χ4n) is 4.52. The summed E-state index contributed by atoms with van der Waals surface area (Å²) in [7, 11) is 0. The van der Waals surface area contributed by atoms with Crippen LogP contribution in [0.4, 0.5) is 0 Å². The molecule has 3 aromatic rings. The molecule has 8 heteroatoms. The standard InChI is InChI=1S/C18H23N7O/c26-15-10-24(8-7-19-15)9-12-1-3-13(4-2-12)16-17-14-5-6-20-18(14)21-11-25(17)23-22-16/h5-6,11-13,20H,1-4,7-10H2,(H,19,26). The first-order valence-electron chi connectivity index (χ1n) is 9.44. The molecule has 1 saturated carbocycles. The normalized spacial score (nSPS) is 25.0. The van der Waals surface area contributed by atoms with Gasteiger partial charge in [0.2, 0.25) is 5.91 Å². The van der Waals surface area contributed by atoms with Crippen LogP contribution < -0.4 is 5.32 Å². The molecule has 3 aromatic heterocycles. The minimum absolute atomic E-state index is 0.157. The van der Waals surface area contributed by atoms with E-state index < -0.39 is 0 Å². The van der Waals surface area contributed by atoms with Crippen molar-refractivity contribution in [1.29, 1.82) is 0 Å². The lowest BCUT2D eigenvalue weighted by atomic mass is 9.80. The van der Waals surface area contributed by atoms with Gasteiger partial charge in [0.1, 0.15) is 17.5 Å². The van der Waals surface area contributed by atoms with Gasteiger partial charge in [0.05, 0.1) is 12.2 Å². The lowest BCUT2D eigenvalue weighted by molar-refractivity contribution is -0.124. The van der Waals surface area contributed by atoms with E-state index in [9.17, 15) is 4.79 Å². The summed E-state index contributed by atoms with van der Waals surface area (Å²) in [4.78, 5) is 21.4. The summed E-state index contributed by atoms with van der Waals surface area (Å²) < 4.78 is 1.80. The van der Waals surface area contributed by atoms with E-state index >= 15 is 0 Å². The second-order valence-corrected chi connectivity index (χ2v) is 7.56. The van der Waals surface area contributed by atoms with Crippen molar-refractivity contribution in [2.24, 2.45) is 5.92 Å². The Morgan fingerprint density at radius 1 is 1.23 bits per heavy atom. The maximum absolute atomic E-state index is 11.6. The quantitative estimate of drug-likeness (QED) is 0.741. The van der Waals surface area contributed by atoms with E-state index in [1.54, 1.807) is 10.8 Å². The Morgan fingerprint density at radius 2 is 2.12 bits per heavy atom. The Morgan fingerprint density at radius 3 is 2.96 bits per heavy atom. The maximum atomic E-state index is 11.6. The minimum atomic E-state index is 0.157. The molecule has 1 aliphatic carbocycles. The van der Waals surface area contributed by atoms with Gasteiger partial charge in [0.25, 0.3) is 0 Å². The Labute approximate surface area is 151 Å². The average Bonchev–Trinajstić information content (AvgIpc) is 3.28. The number of rotatable bonds is 3. The van der Waals surface area contributed by atoms with Gasteiger partial charge < -0.3 is 10.3 Å². The molecule has 0 bridgehead atoms. The zero-order chi connectivity index (χ0) is 17.5. The molecule has 5 rings (SSSR count).